The Kier molecular flexibility index (Phi) is 2.03. The van der Waals surface area contributed by atoms with E-state index in [0.29, 0.717) is 0 Å². The van der Waals surface area contributed by atoms with Gasteiger partial charge in [-0.1, -0.05) is 0 Å². The highest BCUT2D eigenvalue weighted by Crippen LogP contribution is 2.12. The molecule has 0 N–H and O–H groups in total. The van der Waals surface area contributed by atoms with E-state index in [1.807, 2.05) is 19.3 Å². The molecule has 2 heterocycles. The molecule has 0 fully saturated rings. The summed E-state index contributed by atoms with van der Waals surface area (Å²) in [4.78, 5) is 6.38. The summed E-state index contributed by atoms with van der Waals surface area (Å²) in [6, 6.07) is 2.24. The van der Waals surface area contributed by atoms with Crippen molar-refractivity contribution in [1.82, 2.24) is 14.5 Å². The minimum absolute atomic E-state index is 0.00884. The Morgan fingerprint density at radius 3 is 3.23 bits per heavy atom. The number of rotatable bonds is 1. The van der Waals surface area contributed by atoms with E-state index >= 15 is 0 Å². The summed E-state index contributed by atoms with van der Waals surface area (Å²) in [5.41, 5.74) is 0. The normalized spacial score (nSPS) is 19.1. The van der Waals surface area contributed by atoms with Crippen molar-refractivity contribution in [3.8, 4) is 6.07 Å². The monoisotopic (exact) mass is 176 g/mol. The van der Waals surface area contributed by atoms with Crippen molar-refractivity contribution in [3.63, 3.8) is 0 Å². The van der Waals surface area contributed by atoms with Crippen molar-refractivity contribution in [2.45, 2.75) is 26.1 Å². The molecule has 1 aliphatic heterocycles. The highest BCUT2D eigenvalue weighted by molar-refractivity contribution is 4.99. The fourth-order valence-electron chi connectivity index (χ4n) is 1.60. The van der Waals surface area contributed by atoms with Crippen LogP contribution in [0.3, 0.4) is 0 Å². The lowest BCUT2D eigenvalue weighted by atomic mass is 10.2. The molecule has 0 amide bonds. The predicted octanol–water partition coefficient (Wildman–Crippen LogP) is 0.611. The van der Waals surface area contributed by atoms with E-state index in [2.05, 4.69) is 20.5 Å². The van der Waals surface area contributed by atoms with Crippen LogP contribution in [0.25, 0.3) is 0 Å². The molecule has 0 spiro atoms. The second-order valence-electron chi connectivity index (χ2n) is 3.31. The zero-order chi connectivity index (χ0) is 9.26. The predicted molar refractivity (Wildman–Crippen MR) is 47.7 cm³/mol. The quantitative estimate of drug-likeness (QED) is 0.629. The zero-order valence-electron chi connectivity index (χ0n) is 7.64. The molecule has 1 aromatic heterocycles. The Morgan fingerprint density at radius 1 is 1.62 bits per heavy atom. The van der Waals surface area contributed by atoms with Gasteiger partial charge in [-0.15, -0.1) is 0 Å². The molecular weight excluding hydrogens is 164 g/mol. The fourth-order valence-corrected chi connectivity index (χ4v) is 1.60. The lowest BCUT2D eigenvalue weighted by Gasteiger charge is -2.29. The zero-order valence-corrected chi connectivity index (χ0v) is 7.64. The van der Waals surface area contributed by atoms with Gasteiger partial charge in [-0.05, 0) is 6.92 Å². The first-order chi connectivity index (χ1) is 6.31. The van der Waals surface area contributed by atoms with Crippen molar-refractivity contribution in [1.29, 1.82) is 5.26 Å². The van der Waals surface area contributed by atoms with Gasteiger partial charge in [0.05, 0.1) is 18.7 Å². The second-order valence-corrected chi connectivity index (χ2v) is 3.31. The maximum Gasteiger partial charge on any atom is 0.122 e. The topological polar surface area (TPSA) is 44.9 Å². The molecule has 0 aliphatic carbocycles. The first-order valence-corrected chi connectivity index (χ1v) is 4.45. The Hall–Kier alpha value is -1.34. The van der Waals surface area contributed by atoms with Crippen LogP contribution in [0.1, 0.15) is 12.7 Å². The van der Waals surface area contributed by atoms with Crippen molar-refractivity contribution in [2.24, 2.45) is 0 Å². The number of aromatic nitrogens is 2. The van der Waals surface area contributed by atoms with Crippen LogP contribution in [0.5, 0.6) is 0 Å². The third-order valence-corrected chi connectivity index (χ3v) is 2.51. The van der Waals surface area contributed by atoms with Gasteiger partial charge in [0.15, 0.2) is 0 Å². The Morgan fingerprint density at radius 2 is 2.46 bits per heavy atom. The Labute approximate surface area is 77.4 Å². The number of imidazole rings is 1. The average Bonchev–Trinajstić information content (AvgIpc) is 2.63. The van der Waals surface area contributed by atoms with Crippen LogP contribution in [0.15, 0.2) is 12.4 Å². The van der Waals surface area contributed by atoms with Crippen molar-refractivity contribution in [3.05, 3.63) is 18.2 Å². The average molecular weight is 176 g/mol. The van der Waals surface area contributed by atoms with Gasteiger partial charge in [0.25, 0.3) is 0 Å². The van der Waals surface area contributed by atoms with Gasteiger partial charge in [-0.3, -0.25) is 4.90 Å². The fraction of sp³-hybridized carbons (Fsp3) is 0.556. The molecule has 4 nitrogen and oxygen atoms in total. The SMILES string of the molecule is C[C@@H](C#N)N1CCn2ccnc2C1. The third-order valence-electron chi connectivity index (χ3n) is 2.51. The second kappa shape index (κ2) is 3.19. The summed E-state index contributed by atoms with van der Waals surface area (Å²) in [6.07, 6.45) is 3.81. The van der Waals surface area contributed by atoms with Gasteiger partial charge < -0.3 is 4.57 Å². The maximum atomic E-state index is 8.77. The lowest BCUT2D eigenvalue weighted by molar-refractivity contribution is 0.193. The largest absolute Gasteiger partial charge is 0.333 e. The summed E-state index contributed by atoms with van der Waals surface area (Å²) in [5.74, 6) is 1.06. The summed E-state index contributed by atoms with van der Waals surface area (Å²) in [7, 11) is 0. The minimum atomic E-state index is -0.00884. The molecule has 0 radical (unpaired) electrons. The van der Waals surface area contributed by atoms with Crippen LogP contribution in [0, 0.1) is 11.3 Å². The van der Waals surface area contributed by atoms with Gasteiger partial charge in [0, 0.05) is 25.5 Å². The summed E-state index contributed by atoms with van der Waals surface area (Å²) >= 11 is 0. The standard InChI is InChI=1S/C9H12N4/c1-8(6-10)13-5-4-12-3-2-11-9(12)7-13/h2-3,8H,4-5,7H2,1H3/t8-/m0/s1. The smallest absolute Gasteiger partial charge is 0.122 e. The Bertz CT molecular complexity index is 336. The van der Waals surface area contributed by atoms with E-state index in [1.54, 1.807) is 0 Å². The van der Waals surface area contributed by atoms with E-state index in [1.165, 1.54) is 0 Å². The van der Waals surface area contributed by atoms with Crippen LogP contribution >= 0.6 is 0 Å². The molecule has 0 bridgehead atoms. The van der Waals surface area contributed by atoms with E-state index in [4.69, 9.17) is 5.26 Å². The van der Waals surface area contributed by atoms with Gasteiger partial charge in [-0.2, -0.15) is 5.26 Å². The van der Waals surface area contributed by atoms with Crippen LogP contribution in [-0.2, 0) is 13.1 Å². The van der Waals surface area contributed by atoms with Crippen LogP contribution in [-0.4, -0.2) is 27.0 Å². The first kappa shape index (κ1) is 8.27. The van der Waals surface area contributed by atoms with E-state index < -0.39 is 0 Å². The van der Waals surface area contributed by atoms with Crippen molar-refractivity contribution < 1.29 is 0 Å². The van der Waals surface area contributed by atoms with Gasteiger partial charge in [-0.25, -0.2) is 4.98 Å². The van der Waals surface area contributed by atoms with Crippen LogP contribution < -0.4 is 0 Å². The highest BCUT2D eigenvalue weighted by Gasteiger charge is 2.20. The van der Waals surface area contributed by atoms with E-state index in [9.17, 15) is 0 Å². The highest BCUT2D eigenvalue weighted by atomic mass is 15.2. The molecule has 0 saturated carbocycles. The molecule has 0 saturated heterocycles. The van der Waals surface area contributed by atoms with Crippen LogP contribution in [0.4, 0.5) is 0 Å². The number of nitrogens with zero attached hydrogens (tertiary/aromatic N) is 4. The number of hydrogen-bond donors (Lipinski definition) is 0. The summed E-state index contributed by atoms with van der Waals surface area (Å²) in [6.45, 7) is 4.61. The van der Waals surface area contributed by atoms with Gasteiger partial charge in [0.2, 0.25) is 0 Å². The molecule has 68 valence electrons. The molecule has 0 aromatic carbocycles. The number of hydrogen-bond acceptors (Lipinski definition) is 3. The third kappa shape index (κ3) is 1.43. The summed E-state index contributed by atoms with van der Waals surface area (Å²) in [5, 5.41) is 8.77. The molecule has 13 heavy (non-hydrogen) atoms. The number of nitriles is 1. The maximum absolute atomic E-state index is 8.77. The van der Waals surface area contributed by atoms with Crippen molar-refractivity contribution >= 4 is 0 Å². The number of fused-ring (bicyclic) bond motifs is 1. The molecule has 1 aliphatic rings. The van der Waals surface area contributed by atoms with E-state index in [-0.39, 0.29) is 6.04 Å². The minimum Gasteiger partial charge on any atom is -0.333 e. The van der Waals surface area contributed by atoms with Crippen molar-refractivity contribution in [2.75, 3.05) is 6.54 Å². The first-order valence-electron chi connectivity index (χ1n) is 4.45. The molecule has 1 aromatic rings. The molecule has 2 rings (SSSR count). The molecule has 1 atom stereocenters. The lowest BCUT2D eigenvalue weighted by Crippen LogP contribution is -2.38. The van der Waals surface area contributed by atoms with Crippen LogP contribution in [0.2, 0.25) is 0 Å². The molecule has 0 unspecified atom stereocenters. The van der Waals surface area contributed by atoms with Gasteiger partial charge >= 0.3 is 0 Å². The molecule has 4 heteroatoms. The van der Waals surface area contributed by atoms with E-state index in [0.717, 1.165) is 25.5 Å². The molecular formula is C9H12N4. The Balaban J connectivity index is 2.14. The van der Waals surface area contributed by atoms with Gasteiger partial charge in [0.1, 0.15) is 5.82 Å². The summed E-state index contributed by atoms with van der Waals surface area (Å²) < 4.78 is 2.14.